The molecule has 0 saturated carbocycles. The third-order valence-corrected chi connectivity index (χ3v) is 3.19. The van der Waals surface area contributed by atoms with E-state index in [0.717, 1.165) is 29.9 Å². The van der Waals surface area contributed by atoms with Gasteiger partial charge in [0.25, 0.3) is 0 Å². The first kappa shape index (κ1) is 10.9. The van der Waals surface area contributed by atoms with Gasteiger partial charge in [0, 0.05) is 29.8 Å². The molecule has 0 aliphatic carbocycles. The van der Waals surface area contributed by atoms with Crippen LogP contribution in [0.3, 0.4) is 0 Å². The number of nitrogens with zero attached hydrogens (tertiary/aromatic N) is 2. The largest absolute Gasteiger partial charge is 0.355 e. The number of halogens is 1. The molecule has 1 saturated heterocycles. The maximum Gasteiger partial charge on any atom is 0.128 e. The molecular formula is C11H16BrN3. The first-order chi connectivity index (χ1) is 7.29. The Hall–Kier alpha value is -0.610. The summed E-state index contributed by atoms with van der Waals surface area (Å²) in [6, 6.07) is 4.74. The van der Waals surface area contributed by atoms with Crippen LogP contribution < -0.4 is 10.2 Å². The maximum absolute atomic E-state index is 4.41. The summed E-state index contributed by atoms with van der Waals surface area (Å²) >= 11 is 3.40. The highest BCUT2D eigenvalue weighted by Crippen LogP contribution is 2.19. The van der Waals surface area contributed by atoms with Crippen molar-refractivity contribution in [2.75, 3.05) is 24.5 Å². The lowest BCUT2D eigenvalue weighted by atomic mass is 10.3. The van der Waals surface area contributed by atoms with Crippen LogP contribution in [0.25, 0.3) is 0 Å². The van der Waals surface area contributed by atoms with E-state index in [-0.39, 0.29) is 0 Å². The van der Waals surface area contributed by atoms with Crippen LogP contribution in [0.15, 0.2) is 22.8 Å². The van der Waals surface area contributed by atoms with Gasteiger partial charge in [-0.05, 0) is 41.0 Å². The highest BCUT2D eigenvalue weighted by Gasteiger charge is 2.22. The van der Waals surface area contributed by atoms with Gasteiger partial charge in [-0.15, -0.1) is 0 Å². The molecule has 3 nitrogen and oxygen atoms in total. The maximum atomic E-state index is 4.41. The Morgan fingerprint density at radius 2 is 2.47 bits per heavy atom. The molecular weight excluding hydrogens is 254 g/mol. The van der Waals surface area contributed by atoms with Gasteiger partial charge in [0.15, 0.2) is 0 Å². The van der Waals surface area contributed by atoms with Crippen LogP contribution in [0.4, 0.5) is 5.82 Å². The molecule has 1 atom stereocenters. The molecule has 15 heavy (non-hydrogen) atoms. The van der Waals surface area contributed by atoms with Crippen molar-refractivity contribution in [3.63, 3.8) is 0 Å². The molecule has 1 aromatic heterocycles. The monoisotopic (exact) mass is 269 g/mol. The van der Waals surface area contributed by atoms with Crippen molar-refractivity contribution in [1.82, 2.24) is 10.3 Å². The second-order valence-electron chi connectivity index (χ2n) is 3.82. The Bertz CT molecular complexity index is 312. The van der Waals surface area contributed by atoms with Crippen LogP contribution in [0.2, 0.25) is 0 Å². The molecule has 4 heteroatoms. The number of hydrogen-bond acceptors (Lipinski definition) is 3. The summed E-state index contributed by atoms with van der Waals surface area (Å²) in [7, 11) is 0. The fourth-order valence-electron chi connectivity index (χ4n) is 1.98. The molecule has 82 valence electrons. The zero-order valence-electron chi connectivity index (χ0n) is 8.91. The molecule has 1 aliphatic heterocycles. The lowest BCUT2D eigenvalue weighted by Gasteiger charge is -2.17. The van der Waals surface area contributed by atoms with Crippen LogP contribution in [0.1, 0.15) is 13.3 Å². The summed E-state index contributed by atoms with van der Waals surface area (Å²) in [6.07, 6.45) is 3.07. The summed E-state index contributed by atoms with van der Waals surface area (Å²) in [5.74, 6) is 1.08. The fraction of sp³-hybridized carbons (Fsp3) is 0.545. The Morgan fingerprint density at radius 1 is 1.60 bits per heavy atom. The molecule has 0 aromatic carbocycles. The molecule has 1 fully saturated rings. The Labute approximate surface area is 99.0 Å². The zero-order valence-corrected chi connectivity index (χ0v) is 10.5. The average Bonchev–Trinajstić information content (AvgIpc) is 2.68. The van der Waals surface area contributed by atoms with Crippen LogP contribution in [-0.2, 0) is 0 Å². The van der Waals surface area contributed by atoms with Crippen molar-refractivity contribution < 1.29 is 0 Å². The van der Waals surface area contributed by atoms with Gasteiger partial charge in [0.1, 0.15) is 5.82 Å². The van der Waals surface area contributed by atoms with Gasteiger partial charge in [-0.3, -0.25) is 0 Å². The Kier molecular flexibility index (Phi) is 3.59. The smallest absolute Gasteiger partial charge is 0.128 e. The molecule has 0 spiro atoms. The number of rotatable bonds is 3. The second-order valence-corrected chi connectivity index (χ2v) is 4.74. The van der Waals surface area contributed by atoms with Crippen LogP contribution in [0.5, 0.6) is 0 Å². The lowest BCUT2D eigenvalue weighted by molar-refractivity contribution is 0.571. The average molecular weight is 270 g/mol. The third-order valence-electron chi connectivity index (χ3n) is 2.72. The van der Waals surface area contributed by atoms with Crippen molar-refractivity contribution in [3.05, 3.63) is 22.8 Å². The molecule has 0 bridgehead atoms. The molecule has 0 unspecified atom stereocenters. The SMILES string of the molecule is CCN[C@H]1CCN(c2ccc(Br)cn2)C1. The van der Waals surface area contributed by atoms with E-state index in [4.69, 9.17) is 0 Å². The number of anilines is 1. The standard InChI is InChI=1S/C11H16BrN3/c1-2-13-10-5-6-15(8-10)11-4-3-9(12)7-14-11/h3-4,7,10,13H,2,5-6,8H2,1H3/t10-/m0/s1. The van der Waals surface area contributed by atoms with Crippen molar-refractivity contribution in [2.24, 2.45) is 0 Å². The summed E-state index contributed by atoms with van der Waals surface area (Å²) in [5.41, 5.74) is 0. The zero-order chi connectivity index (χ0) is 10.7. The quantitative estimate of drug-likeness (QED) is 0.911. The molecule has 1 N–H and O–H groups in total. The summed E-state index contributed by atoms with van der Waals surface area (Å²) in [4.78, 5) is 6.74. The van der Waals surface area contributed by atoms with Gasteiger partial charge in [-0.1, -0.05) is 6.92 Å². The molecule has 1 aliphatic rings. The minimum absolute atomic E-state index is 0.625. The van der Waals surface area contributed by atoms with Crippen molar-refractivity contribution in [1.29, 1.82) is 0 Å². The van der Waals surface area contributed by atoms with E-state index in [1.165, 1.54) is 6.42 Å². The predicted molar refractivity (Wildman–Crippen MR) is 66.2 cm³/mol. The third kappa shape index (κ3) is 2.69. The minimum atomic E-state index is 0.625. The van der Waals surface area contributed by atoms with E-state index in [1.807, 2.05) is 12.3 Å². The molecule has 0 amide bonds. The summed E-state index contributed by atoms with van der Waals surface area (Å²) < 4.78 is 1.04. The van der Waals surface area contributed by atoms with Gasteiger partial charge in [0.05, 0.1) is 0 Å². The fourth-order valence-corrected chi connectivity index (χ4v) is 2.21. The minimum Gasteiger partial charge on any atom is -0.355 e. The first-order valence-electron chi connectivity index (χ1n) is 5.39. The van der Waals surface area contributed by atoms with Gasteiger partial charge >= 0.3 is 0 Å². The lowest BCUT2D eigenvalue weighted by Crippen LogP contribution is -2.32. The van der Waals surface area contributed by atoms with Gasteiger partial charge in [0.2, 0.25) is 0 Å². The van der Waals surface area contributed by atoms with E-state index in [0.29, 0.717) is 6.04 Å². The number of hydrogen-bond donors (Lipinski definition) is 1. The summed E-state index contributed by atoms with van der Waals surface area (Å²) in [5, 5.41) is 3.48. The molecule has 2 rings (SSSR count). The van der Waals surface area contributed by atoms with Crippen LogP contribution in [0, 0.1) is 0 Å². The van der Waals surface area contributed by atoms with Crippen LogP contribution in [-0.4, -0.2) is 30.7 Å². The van der Waals surface area contributed by atoms with E-state index in [2.05, 4.69) is 44.1 Å². The van der Waals surface area contributed by atoms with Crippen molar-refractivity contribution >= 4 is 21.7 Å². The van der Waals surface area contributed by atoms with E-state index in [9.17, 15) is 0 Å². The Morgan fingerprint density at radius 3 is 3.13 bits per heavy atom. The molecule has 1 aromatic rings. The number of pyridine rings is 1. The van der Waals surface area contributed by atoms with Crippen LogP contribution >= 0.6 is 15.9 Å². The molecule has 0 radical (unpaired) electrons. The van der Waals surface area contributed by atoms with Crippen molar-refractivity contribution in [2.45, 2.75) is 19.4 Å². The normalized spacial score (nSPS) is 20.9. The van der Waals surface area contributed by atoms with Gasteiger partial charge in [-0.2, -0.15) is 0 Å². The number of likely N-dealkylation sites (N-methyl/N-ethyl adjacent to an activating group) is 1. The topological polar surface area (TPSA) is 28.2 Å². The summed E-state index contributed by atoms with van der Waals surface area (Å²) in [6.45, 7) is 5.38. The number of aromatic nitrogens is 1. The highest BCUT2D eigenvalue weighted by molar-refractivity contribution is 9.10. The Balaban J connectivity index is 1.98. The first-order valence-corrected chi connectivity index (χ1v) is 6.19. The van der Waals surface area contributed by atoms with Gasteiger partial charge < -0.3 is 10.2 Å². The van der Waals surface area contributed by atoms with E-state index >= 15 is 0 Å². The predicted octanol–water partition coefficient (Wildman–Crippen LogP) is 2.03. The van der Waals surface area contributed by atoms with Gasteiger partial charge in [-0.25, -0.2) is 4.98 Å². The highest BCUT2D eigenvalue weighted by atomic mass is 79.9. The molecule has 2 heterocycles. The second kappa shape index (κ2) is 4.94. The van der Waals surface area contributed by atoms with E-state index < -0.39 is 0 Å². The van der Waals surface area contributed by atoms with Crippen molar-refractivity contribution in [3.8, 4) is 0 Å². The van der Waals surface area contributed by atoms with E-state index in [1.54, 1.807) is 0 Å². The number of nitrogens with one attached hydrogen (secondary N) is 1.